The van der Waals surface area contributed by atoms with Crippen molar-refractivity contribution in [3.8, 4) is 12.1 Å². The molecule has 0 atom stereocenters. The summed E-state index contributed by atoms with van der Waals surface area (Å²) in [6, 6.07) is 3.30. The van der Waals surface area contributed by atoms with E-state index in [4.69, 9.17) is 22.0 Å². The van der Waals surface area contributed by atoms with E-state index in [0.717, 1.165) is 0 Å². The summed E-state index contributed by atoms with van der Waals surface area (Å²) in [5.74, 6) is -1.72. The Labute approximate surface area is 88.3 Å². The van der Waals surface area contributed by atoms with Gasteiger partial charge in [-0.25, -0.2) is 0 Å². The molecule has 0 saturated carbocycles. The highest BCUT2D eigenvalue weighted by Gasteiger charge is 2.23. The van der Waals surface area contributed by atoms with Crippen LogP contribution in [0.15, 0.2) is 0 Å². The Hall–Kier alpha value is -2.38. The molecule has 1 aromatic rings. The molecule has 0 bridgehead atoms. The van der Waals surface area contributed by atoms with E-state index in [-0.39, 0.29) is 20.9 Å². The largest absolute Gasteiger partial charge is 0.365 e. The van der Waals surface area contributed by atoms with Gasteiger partial charge >= 0.3 is 0 Å². The maximum Gasteiger partial charge on any atom is 0.260 e. The fraction of sp³-hybridized carbons (Fsp3) is 0. The van der Waals surface area contributed by atoms with Crippen molar-refractivity contribution < 1.29 is 9.59 Å². The van der Waals surface area contributed by atoms with Gasteiger partial charge in [-0.2, -0.15) is 10.5 Å². The van der Waals surface area contributed by atoms with Crippen LogP contribution in [0.25, 0.3) is 0 Å². The van der Waals surface area contributed by atoms with Crippen LogP contribution in [-0.2, 0) is 0 Å². The zero-order chi connectivity index (χ0) is 11.6. The number of carbonyl (C=O) groups is 2. The van der Waals surface area contributed by atoms with E-state index >= 15 is 0 Å². The van der Waals surface area contributed by atoms with Crippen LogP contribution in [0.4, 0.5) is 0 Å². The molecule has 0 aromatic carbocycles. The molecule has 0 aliphatic carbocycles. The molecule has 0 spiro atoms. The minimum atomic E-state index is -0.861. The van der Waals surface area contributed by atoms with Crippen LogP contribution < -0.4 is 11.5 Å². The molecule has 74 valence electrons. The van der Waals surface area contributed by atoms with Crippen molar-refractivity contribution in [2.24, 2.45) is 11.5 Å². The average molecular weight is 220 g/mol. The molecule has 0 aliphatic heterocycles. The summed E-state index contributed by atoms with van der Waals surface area (Å²) in [5, 5.41) is 17.4. The van der Waals surface area contributed by atoms with E-state index in [1.807, 2.05) is 0 Å². The standard InChI is InChI=1S/C8H4N4O2S/c9-1-3-4(2-10)6(8(12)14)15-5(3)7(11)13/h(H2,11,13)(H2,12,14). The molecular formula is C8H4N4O2S. The number of thiophene rings is 1. The minimum absolute atomic E-state index is 0.122. The van der Waals surface area contributed by atoms with Crippen LogP contribution in [0.3, 0.4) is 0 Å². The smallest absolute Gasteiger partial charge is 0.260 e. The summed E-state index contributed by atoms with van der Waals surface area (Å²) in [6.07, 6.45) is 0. The number of nitrogens with two attached hydrogens (primary N) is 2. The third-order valence-electron chi connectivity index (χ3n) is 1.58. The molecule has 0 saturated heterocycles. The third kappa shape index (κ3) is 1.64. The number of rotatable bonds is 2. The number of nitrogens with zero attached hydrogens (tertiary/aromatic N) is 2. The van der Waals surface area contributed by atoms with Gasteiger partial charge in [0.05, 0.1) is 11.1 Å². The van der Waals surface area contributed by atoms with E-state index in [1.165, 1.54) is 0 Å². The molecule has 15 heavy (non-hydrogen) atoms. The molecule has 6 nitrogen and oxygen atoms in total. The quantitative estimate of drug-likeness (QED) is 0.706. The maximum atomic E-state index is 10.9. The number of amides is 2. The predicted molar refractivity (Wildman–Crippen MR) is 50.8 cm³/mol. The zero-order valence-electron chi connectivity index (χ0n) is 7.27. The Kier molecular flexibility index (Phi) is 2.70. The van der Waals surface area contributed by atoms with Crippen LogP contribution in [0, 0.1) is 22.7 Å². The Morgan fingerprint density at radius 3 is 1.53 bits per heavy atom. The lowest BCUT2D eigenvalue weighted by atomic mass is 10.1. The van der Waals surface area contributed by atoms with Crippen molar-refractivity contribution in [3.05, 3.63) is 20.9 Å². The Bertz CT molecular complexity index is 486. The molecule has 1 aromatic heterocycles. The van der Waals surface area contributed by atoms with Crippen molar-refractivity contribution in [1.29, 1.82) is 10.5 Å². The summed E-state index contributed by atoms with van der Waals surface area (Å²) in [5.41, 5.74) is 9.59. The second kappa shape index (κ2) is 3.78. The number of carbonyl (C=O) groups excluding carboxylic acids is 2. The van der Waals surface area contributed by atoms with Gasteiger partial charge < -0.3 is 11.5 Å². The highest BCUT2D eigenvalue weighted by molar-refractivity contribution is 7.16. The van der Waals surface area contributed by atoms with E-state index in [0.29, 0.717) is 11.3 Å². The van der Waals surface area contributed by atoms with E-state index in [2.05, 4.69) is 0 Å². The summed E-state index contributed by atoms with van der Waals surface area (Å²) in [4.78, 5) is 21.6. The molecular weight excluding hydrogens is 216 g/mol. The number of primary amides is 2. The van der Waals surface area contributed by atoms with Gasteiger partial charge in [0.1, 0.15) is 21.9 Å². The summed E-state index contributed by atoms with van der Waals surface area (Å²) >= 11 is 0.657. The normalized spacial score (nSPS) is 8.93. The Morgan fingerprint density at radius 2 is 1.33 bits per heavy atom. The molecule has 7 heteroatoms. The number of hydrogen-bond acceptors (Lipinski definition) is 5. The fourth-order valence-electron chi connectivity index (χ4n) is 0.992. The first-order chi connectivity index (χ1) is 7.02. The first kappa shape index (κ1) is 10.7. The molecule has 1 rings (SSSR count). The van der Waals surface area contributed by atoms with Crippen molar-refractivity contribution in [1.82, 2.24) is 0 Å². The van der Waals surface area contributed by atoms with Crippen LogP contribution in [-0.4, -0.2) is 11.8 Å². The number of nitriles is 2. The molecule has 1 heterocycles. The van der Waals surface area contributed by atoms with Crippen LogP contribution in [0.1, 0.15) is 30.5 Å². The van der Waals surface area contributed by atoms with E-state index in [9.17, 15) is 9.59 Å². The lowest BCUT2D eigenvalue weighted by molar-refractivity contribution is 0.0996. The lowest BCUT2D eigenvalue weighted by Crippen LogP contribution is -2.10. The van der Waals surface area contributed by atoms with Crippen LogP contribution in [0.2, 0.25) is 0 Å². The molecule has 0 radical (unpaired) electrons. The highest BCUT2D eigenvalue weighted by Crippen LogP contribution is 2.26. The summed E-state index contributed by atoms with van der Waals surface area (Å²) in [6.45, 7) is 0. The predicted octanol–water partition coefficient (Wildman–Crippen LogP) is -0.311. The molecule has 2 amide bonds. The third-order valence-corrected chi connectivity index (χ3v) is 2.80. The van der Waals surface area contributed by atoms with Gasteiger partial charge in [0.2, 0.25) is 0 Å². The topological polar surface area (TPSA) is 134 Å². The van der Waals surface area contributed by atoms with Gasteiger partial charge in [0.25, 0.3) is 11.8 Å². The first-order valence-corrected chi connectivity index (χ1v) is 4.41. The van der Waals surface area contributed by atoms with Gasteiger partial charge in [0.15, 0.2) is 0 Å². The van der Waals surface area contributed by atoms with Crippen LogP contribution >= 0.6 is 11.3 Å². The van der Waals surface area contributed by atoms with Crippen molar-refractivity contribution >= 4 is 23.2 Å². The monoisotopic (exact) mass is 220 g/mol. The van der Waals surface area contributed by atoms with Crippen molar-refractivity contribution in [2.75, 3.05) is 0 Å². The Balaban J connectivity index is 3.62. The summed E-state index contributed by atoms with van der Waals surface area (Å²) < 4.78 is 0. The van der Waals surface area contributed by atoms with Gasteiger partial charge in [-0.05, 0) is 0 Å². The second-order valence-electron chi connectivity index (χ2n) is 2.46. The average Bonchev–Trinajstić information content (AvgIpc) is 2.55. The summed E-state index contributed by atoms with van der Waals surface area (Å²) in [7, 11) is 0. The van der Waals surface area contributed by atoms with Crippen LogP contribution in [0.5, 0.6) is 0 Å². The molecule has 0 aliphatic rings. The zero-order valence-corrected chi connectivity index (χ0v) is 8.09. The van der Waals surface area contributed by atoms with Gasteiger partial charge in [-0.15, -0.1) is 11.3 Å². The van der Waals surface area contributed by atoms with Gasteiger partial charge in [0, 0.05) is 0 Å². The van der Waals surface area contributed by atoms with Gasteiger partial charge in [-0.3, -0.25) is 9.59 Å². The van der Waals surface area contributed by atoms with E-state index in [1.54, 1.807) is 12.1 Å². The number of hydrogen-bond donors (Lipinski definition) is 2. The fourth-order valence-corrected chi connectivity index (χ4v) is 1.90. The van der Waals surface area contributed by atoms with E-state index < -0.39 is 11.8 Å². The molecule has 4 N–H and O–H groups in total. The maximum absolute atomic E-state index is 10.9. The highest BCUT2D eigenvalue weighted by atomic mass is 32.1. The van der Waals surface area contributed by atoms with Crippen molar-refractivity contribution in [2.45, 2.75) is 0 Å². The lowest BCUT2D eigenvalue weighted by Gasteiger charge is -1.87. The van der Waals surface area contributed by atoms with Gasteiger partial charge in [-0.1, -0.05) is 0 Å². The SMILES string of the molecule is N#Cc1c(C(N)=O)sc(C(N)=O)c1C#N. The first-order valence-electron chi connectivity index (χ1n) is 3.59. The second-order valence-corrected chi connectivity index (χ2v) is 3.48. The Morgan fingerprint density at radius 1 is 1.00 bits per heavy atom. The molecule has 0 fully saturated rings. The minimum Gasteiger partial charge on any atom is -0.365 e. The van der Waals surface area contributed by atoms with Crippen molar-refractivity contribution in [3.63, 3.8) is 0 Å². The molecule has 0 unspecified atom stereocenters.